The van der Waals surface area contributed by atoms with Crippen molar-refractivity contribution in [2.45, 2.75) is 29.4 Å². The Balaban J connectivity index is 1.80. The largest absolute Gasteiger partial charge is 0.361 e. The number of alkyl halides is 2. The molecule has 0 aliphatic carbocycles. The maximum absolute atomic E-state index is 12.0. The van der Waals surface area contributed by atoms with Gasteiger partial charge in [-0.25, -0.2) is 0 Å². The number of carbonyl (C=O) groups is 1. The Labute approximate surface area is 104 Å². The van der Waals surface area contributed by atoms with E-state index in [1.807, 2.05) is 0 Å². The number of ether oxygens (including phenoxy) is 1. The van der Waals surface area contributed by atoms with Gasteiger partial charge in [0.2, 0.25) is 0 Å². The van der Waals surface area contributed by atoms with Crippen LogP contribution in [0, 0.1) is 5.92 Å². The van der Waals surface area contributed by atoms with Crippen LogP contribution >= 0.6 is 23.2 Å². The number of fused-ring (bicyclic) bond motifs is 1. The molecule has 0 N–H and O–H groups in total. The lowest BCUT2D eigenvalue weighted by atomic mass is 9.86. The van der Waals surface area contributed by atoms with Gasteiger partial charge in [-0.05, 0) is 13.3 Å². The molecular formula is C11H13Cl2NO2. The second kappa shape index (κ2) is 3.15. The molecule has 2 fully saturated rings. The number of nitrogens with zero attached hydrogens (tertiary/aromatic N) is 1. The van der Waals surface area contributed by atoms with Gasteiger partial charge in [-0.15, -0.1) is 0 Å². The lowest BCUT2D eigenvalue weighted by Crippen LogP contribution is -2.41. The maximum Gasteiger partial charge on any atom is 0.258 e. The van der Waals surface area contributed by atoms with Crippen LogP contribution in [0.4, 0.5) is 0 Å². The third-order valence-corrected chi connectivity index (χ3v) is 4.04. The fourth-order valence-electron chi connectivity index (χ4n) is 2.98. The molecule has 0 aromatic rings. The third-order valence-electron chi connectivity index (χ3n) is 3.71. The van der Waals surface area contributed by atoms with Gasteiger partial charge in [0.1, 0.15) is 5.60 Å². The highest BCUT2D eigenvalue weighted by atomic mass is 35.5. The molecule has 0 unspecified atom stereocenters. The lowest BCUT2D eigenvalue weighted by molar-refractivity contribution is -0.131. The predicted molar refractivity (Wildman–Crippen MR) is 61.5 cm³/mol. The van der Waals surface area contributed by atoms with Crippen LogP contribution in [0.1, 0.15) is 13.3 Å². The summed E-state index contributed by atoms with van der Waals surface area (Å²) in [6, 6.07) is 0. The van der Waals surface area contributed by atoms with Gasteiger partial charge < -0.3 is 9.64 Å². The first kappa shape index (κ1) is 10.9. The van der Waals surface area contributed by atoms with Gasteiger partial charge in [-0.1, -0.05) is 35.4 Å². The van der Waals surface area contributed by atoms with E-state index in [0.717, 1.165) is 6.42 Å². The highest BCUT2D eigenvalue weighted by molar-refractivity contribution is 6.57. The number of likely N-dealkylation sites (tertiary alicyclic amines) is 1. The highest BCUT2D eigenvalue weighted by Gasteiger charge is 2.57. The summed E-state index contributed by atoms with van der Waals surface area (Å²) in [5.41, 5.74) is -0.251. The average molecular weight is 262 g/mol. The zero-order chi connectivity index (χ0) is 11.6. The Morgan fingerprint density at radius 3 is 2.94 bits per heavy atom. The van der Waals surface area contributed by atoms with Crippen molar-refractivity contribution in [2.75, 3.05) is 13.1 Å². The van der Waals surface area contributed by atoms with Crippen molar-refractivity contribution in [1.29, 1.82) is 0 Å². The Bertz CT molecular complexity index is 377. The minimum Gasteiger partial charge on any atom is -0.361 e. The van der Waals surface area contributed by atoms with E-state index in [9.17, 15) is 4.79 Å². The van der Waals surface area contributed by atoms with Crippen molar-refractivity contribution in [3.05, 3.63) is 12.2 Å². The molecule has 3 heterocycles. The third kappa shape index (κ3) is 1.41. The van der Waals surface area contributed by atoms with E-state index in [-0.39, 0.29) is 17.6 Å². The minimum atomic E-state index is -1.34. The molecule has 88 valence electrons. The molecule has 1 amide bonds. The summed E-state index contributed by atoms with van der Waals surface area (Å²) in [4.78, 5) is 13.7. The first-order valence-corrected chi connectivity index (χ1v) is 6.21. The molecule has 3 atom stereocenters. The summed E-state index contributed by atoms with van der Waals surface area (Å²) in [7, 11) is 0. The van der Waals surface area contributed by atoms with Crippen molar-refractivity contribution in [3.8, 4) is 0 Å². The fourth-order valence-corrected chi connectivity index (χ4v) is 3.22. The zero-order valence-corrected chi connectivity index (χ0v) is 10.5. The Hall–Kier alpha value is -0.250. The summed E-state index contributed by atoms with van der Waals surface area (Å²) in [5.74, 6) is 0.183. The first-order valence-electron chi connectivity index (χ1n) is 5.45. The van der Waals surface area contributed by atoms with Crippen molar-refractivity contribution in [2.24, 2.45) is 5.92 Å². The molecule has 0 saturated carbocycles. The van der Waals surface area contributed by atoms with Crippen molar-refractivity contribution < 1.29 is 9.53 Å². The van der Waals surface area contributed by atoms with Crippen LogP contribution in [0.15, 0.2) is 12.2 Å². The number of amides is 1. The highest BCUT2D eigenvalue weighted by Crippen LogP contribution is 2.48. The van der Waals surface area contributed by atoms with E-state index in [1.165, 1.54) is 6.92 Å². The summed E-state index contributed by atoms with van der Waals surface area (Å²) in [6.45, 7) is 2.80. The van der Waals surface area contributed by atoms with Crippen molar-refractivity contribution in [3.63, 3.8) is 0 Å². The van der Waals surface area contributed by atoms with Crippen LogP contribution in [0.25, 0.3) is 0 Å². The topological polar surface area (TPSA) is 29.5 Å². The smallest absolute Gasteiger partial charge is 0.258 e. The van der Waals surface area contributed by atoms with Gasteiger partial charge in [-0.3, -0.25) is 4.79 Å². The molecule has 2 saturated heterocycles. The number of hydrogen-bond acceptors (Lipinski definition) is 2. The van der Waals surface area contributed by atoms with Gasteiger partial charge >= 0.3 is 0 Å². The normalized spacial score (nSPS) is 40.6. The Morgan fingerprint density at radius 2 is 2.38 bits per heavy atom. The van der Waals surface area contributed by atoms with Gasteiger partial charge in [0.15, 0.2) is 4.33 Å². The molecule has 3 rings (SSSR count). The van der Waals surface area contributed by atoms with E-state index in [0.29, 0.717) is 19.0 Å². The minimum absolute atomic E-state index is 0.222. The summed E-state index contributed by atoms with van der Waals surface area (Å²) in [5, 5.41) is 0. The molecule has 0 radical (unpaired) electrons. The molecule has 3 aliphatic heterocycles. The second-order valence-corrected chi connectivity index (χ2v) is 6.68. The number of rotatable bonds is 1. The van der Waals surface area contributed by atoms with Crippen molar-refractivity contribution in [1.82, 2.24) is 4.90 Å². The van der Waals surface area contributed by atoms with Crippen LogP contribution in [0.2, 0.25) is 0 Å². The first-order chi connectivity index (χ1) is 7.41. The predicted octanol–water partition coefficient (Wildman–Crippen LogP) is 1.74. The molecule has 0 aromatic carbocycles. The molecule has 16 heavy (non-hydrogen) atoms. The molecular weight excluding hydrogens is 249 g/mol. The molecule has 2 bridgehead atoms. The summed E-state index contributed by atoms with van der Waals surface area (Å²) >= 11 is 11.7. The second-order valence-electron chi connectivity index (χ2n) is 4.98. The van der Waals surface area contributed by atoms with Gasteiger partial charge in [-0.2, -0.15) is 0 Å². The standard InChI is InChI=1S/C11H13Cl2NO2/c1-10(12,13)9(15)14-5-7-4-8-2-3-11(7,6-14)16-8/h2-3,7-8H,4-6H2,1H3/t7-,8+,11+/m1/s1. The van der Waals surface area contributed by atoms with Crippen LogP contribution in [0.3, 0.4) is 0 Å². The van der Waals surface area contributed by atoms with Crippen LogP contribution in [0.5, 0.6) is 0 Å². The zero-order valence-electron chi connectivity index (χ0n) is 8.95. The maximum atomic E-state index is 12.0. The summed E-state index contributed by atoms with van der Waals surface area (Å²) in [6.07, 6.45) is 5.44. The van der Waals surface area contributed by atoms with Crippen LogP contribution in [-0.4, -0.2) is 39.9 Å². The average Bonchev–Trinajstić information content (AvgIpc) is 2.79. The van der Waals surface area contributed by atoms with E-state index >= 15 is 0 Å². The lowest BCUT2D eigenvalue weighted by Gasteiger charge is -2.24. The quantitative estimate of drug-likeness (QED) is 0.532. The number of carbonyl (C=O) groups excluding carboxylic acids is 1. The molecule has 5 heteroatoms. The van der Waals surface area contributed by atoms with Gasteiger partial charge in [0.25, 0.3) is 5.91 Å². The van der Waals surface area contributed by atoms with Gasteiger partial charge in [0.05, 0.1) is 12.6 Å². The monoisotopic (exact) mass is 261 g/mol. The van der Waals surface area contributed by atoms with E-state index in [1.54, 1.807) is 4.90 Å². The molecule has 1 spiro atoms. The van der Waals surface area contributed by atoms with Crippen molar-refractivity contribution >= 4 is 29.1 Å². The van der Waals surface area contributed by atoms with Crippen LogP contribution in [-0.2, 0) is 9.53 Å². The van der Waals surface area contributed by atoms with Crippen LogP contribution < -0.4 is 0 Å². The van der Waals surface area contributed by atoms with E-state index in [4.69, 9.17) is 27.9 Å². The molecule has 3 nitrogen and oxygen atoms in total. The summed E-state index contributed by atoms with van der Waals surface area (Å²) < 4.78 is 4.55. The number of hydrogen-bond donors (Lipinski definition) is 0. The molecule has 0 aromatic heterocycles. The van der Waals surface area contributed by atoms with E-state index in [2.05, 4.69) is 12.2 Å². The Morgan fingerprint density at radius 1 is 1.62 bits per heavy atom. The SMILES string of the molecule is CC(Cl)(Cl)C(=O)N1C[C@H]2C[C@@H]3C=C[C@@]2(C1)O3. The number of halogens is 2. The Kier molecular flexibility index (Phi) is 2.14. The fraction of sp³-hybridized carbons (Fsp3) is 0.727. The van der Waals surface area contributed by atoms with E-state index < -0.39 is 4.33 Å². The molecule has 3 aliphatic rings. The van der Waals surface area contributed by atoms with Gasteiger partial charge in [0, 0.05) is 12.5 Å².